The van der Waals surface area contributed by atoms with Gasteiger partial charge in [0.2, 0.25) is 0 Å². The third-order valence-corrected chi connectivity index (χ3v) is 5.08. The minimum Gasteiger partial charge on any atom is -0.388 e. The summed E-state index contributed by atoms with van der Waals surface area (Å²) in [6.07, 6.45) is 3.13. The minimum atomic E-state index is -0.724. The molecule has 5 atom stereocenters. The predicted octanol–water partition coefficient (Wildman–Crippen LogP) is 2.88. The molecule has 1 aliphatic carbocycles. The fraction of sp³-hybridized carbons (Fsp3) is 0.625. The maximum absolute atomic E-state index is 13.8. The van der Waals surface area contributed by atoms with Crippen LogP contribution in [0.25, 0.3) is 0 Å². The second kappa shape index (κ2) is 5.22. The van der Waals surface area contributed by atoms with Gasteiger partial charge in [-0.1, -0.05) is 31.5 Å². The van der Waals surface area contributed by atoms with Crippen molar-refractivity contribution < 1.29 is 9.50 Å². The SMILES string of the molecule is CC(C(O)c1ccccc1F)C1NCC2CCCC21. The Morgan fingerprint density at radius 1 is 1.32 bits per heavy atom. The summed E-state index contributed by atoms with van der Waals surface area (Å²) < 4.78 is 13.8. The van der Waals surface area contributed by atoms with Gasteiger partial charge in [-0.25, -0.2) is 4.39 Å². The van der Waals surface area contributed by atoms with E-state index >= 15 is 0 Å². The third-order valence-electron chi connectivity index (χ3n) is 5.08. The van der Waals surface area contributed by atoms with E-state index in [2.05, 4.69) is 5.32 Å². The second-order valence-corrected chi connectivity index (χ2v) is 6.11. The molecule has 3 rings (SSSR count). The first-order valence-electron chi connectivity index (χ1n) is 7.34. The minimum absolute atomic E-state index is 0.0463. The molecule has 0 radical (unpaired) electrons. The molecule has 1 heterocycles. The summed E-state index contributed by atoms with van der Waals surface area (Å²) in [6.45, 7) is 3.10. The Balaban J connectivity index is 1.77. The molecule has 2 N–H and O–H groups in total. The Kier molecular flexibility index (Phi) is 3.59. The van der Waals surface area contributed by atoms with E-state index in [4.69, 9.17) is 0 Å². The zero-order valence-electron chi connectivity index (χ0n) is 11.3. The zero-order chi connectivity index (χ0) is 13.4. The van der Waals surface area contributed by atoms with Crippen LogP contribution in [-0.4, -0.2) is 17.7 Å². The fourth-order valence-electron chi connectivity index (χ4n) is 4.00. The number of aliphatic hydroxyl groups excluding tert-OH is 1. The Morgan fingerprint density at radius 3 is 2.89 bits per heavy atom. The van der Waals surface area contributed by atoms with E-state index in [1.54, 1.807) is 18.2 Å². The summed E-state index contributed by atoms with van der Waals surface area (Å²) in [4.78, 5) is 0. The second-order valence-electron chi connectivity index (χ2n) is 6.11. The van der Waals surface area contributed by atoms with Gasteiger partial charge in [-0.05, 0) is 37.3 Å². The molecular formula is C16H22FNO. The summed E-state index contributed by atoms with van der Waals surface area (Å²) in [5.74, 6) is 1.17. The molecule has 2 nitrogen and oxygen atoms in total. The number of nitrogens with one attached hydrogen (secondary N) is 1. The topological polar surface area (TPSA) is 32.3 Å². The average Bonchev–Trinajstić information content (AvgIpc) is 3.00. The average molecular weight is 263 g/mol. The van der Waals surface area contributed by atoms with Gasteiger partial charge in [-0.3, -0.25) is 0 Å². The van der Waals surface area contributed by atoms with Crippen molar-refractivity contribution >= 4 is 0 Å². The van der Waals surface area contributed by atoms with Crippen molar-refractivity contribution in [2.24, 2.45) is 17.8 Å². The van der Waals surface area contributed by atoms with Crippen LogP contribution in [0.3, 0.4) is 0 Å². The van der Waals surface area contributed by atoms with Gasteiger partial charge in [0.15, 0.2) is 0 Å². The van der Waals surface area contributed by atoms with Crippen molar-refractivity contribution in [1.29, 1.82) is 0 Å². The van der Waals surface area contributed by atoms with Gasteiger partial charge >= 0.3 is 0 Å². The van der Waals surface area contributed by atoms with Crippen LogP contribution >= 0.6 is 0 Å². The van der Waals surface area contributed by atoms with Crippen LogP contribution in [-0.2, 0) is 0 Å². The Labute approximate surface area is 114 Å². The summed E-state index contributed by atoms with van der Waals surface area (Å²) >= 11 is 0. The lowest BCUT2D eigenvalue weighted by Crippen LogP contribution is -2.37. The molecule has 2 fully saturated rings. The van der Waals surface area contributed by atoms with Crippen molar-refractivity contribution in [2.45, 2.75) is 38.3 Å². The highest BCUT2D eigenvalue weighted by Crippen LogP contribution is 2.42. The van der Waals surface area contributed by atoms with Crippen LogP contribution in [0.15, 0.2) is 24.3 Å². The van der Waals surface area contributed by atoms with E-state index < -0.39 is 6.10 Å². The van der Waals surface area contributed by atoms with E-state index in [0.29, 0.717) is 17.5 Å². The van der Waals surface area contributed by atoms with Crippen molar-refractivity contribution in [2.75, 3.05) is 6.54 Å². The highest BCUT2D eigenvalue weighted by atomic mass is 19.1. The Morgan fingerprint density at radius 2 is 2.11 bits per heavy atom. The largest absolute Gasteiger partial charge is 0.388 e. The van der Waals surface area contributed by atoms with Gasteiger partial charge in [0.05, 0.1) is 6.10 Å². The van der Waals surface area contributed by atoms with Crippen LogP contribution in [0.2, 0.25) is 0 Å². The molecule has 1 saturated carbocycles. The molecule has 0 amide bonds. The van der Waals surface area contributed by atoms with Crippen molar-refractivity contribution in [1.82, 2.24) is 5.32 Å². The Hall–Kier alpha value is -0.930. The number of benzene rings is 1. The number of halogens is 1. The lowest BCUT2D eigenvalue weighted by atomic mass is 9.82. The van der Waals surface area contributed by atoms with Crippen LogP contribution < -0.4 is 5.32 Å². The third kappa shape index (κ3) is 2.30. The smallest absolute Gasteiger partial charge is 0.129 e. The molecule has 0 bridgehead atoms. The number of fused-ring (bicyclic) bond motifs is 1. The molecule has 1 saturated heterocycles. The first-order chi connectivity index (χ1) is 9.18. The first kappa shape index (κ1) is 13.1. The standard InChI is InChI=1S/C16H22FNO/c1-10(15-12-7-4-5-11(12)9-18-15)16(19)13-6-2-3-8-14(13)17/h2-3,6,8,10-12,15-16,18-19H,4-5,7,9H2,1H3. The fourth-order valence-corrected chi connectivity index (χ4v) is 4.00. The summed E-state index contributed by atoms with van der Waals surface area (Å²) in [5, 5.41) is 14.0. The maximum Gasteiger partial charge on any atom is 0.129 e. The number of hydrogen-bond donors (Lipinski definition) is 2. The van der Waals surface area contributed by atoms with Gasteiger partial charge in [-0.2, -0.15) is 0 Å². The van der Waals surface area contributed by atoms with Gasteiger partial charge in [-0.15, -0.1) is 0 Å². The van der Waals surface area contributed by atoms with E-state index in [-0.39, 0.29) is 11.7 Å². The molecule has 0 spiro atoms. The normalized spacial score (nSPS) is 33.1. The van der Waals surface area contributed by atoms with Crippen molar-refractivity contribution in [3.8, 4) is 0 Å². The van der Waals surface area contributed by atoms with Gasteiger partial charge in [0.25, 0.3) is 0 Å². The molecule has 19 heavy (non-hydrogen) atoms. The van der Waals surface area contributed by atoms with E-state index in [9.17, 15) is 9.50 Å². The van der Waals surface area contributed by atoms with Crippen molar-refractivity contribution in [3.63, 3.8) is 0 Å². The zero-order valence-corrected chi connectivity index (χ0v) is 11.3. The number of hydrogen-bond acceptors (Lipinski definition) is 2. The summed E-state index contributed by atoms with van der Waals surface area (Å²) in [5.41, 5.74) is 0.429. The number of aliphatic hydroxyl groups is 1. The van der Waals surface area contributed by atoms with Crippen molar-refractivity contribution in [3.05, 3.63) is 35.6 Å². The highest BCUT2D eigenvalue weighted by molar-refractivity contribution is 5.21. The Bertz CT molecular complexity index is 450. The maximum atomic E-state index is 13.8. The summed E-state index contributed by atoms with van der Waals surface area (Å²) in [7, 11) is 0. The van der Waals surface area contributed by atoms with Crippen LogP contribution in [0, 0.1) is 23.6 Å². The quantitative estimate of drug-likeness (QED) is 0.879. The molecule has 3 heteroatoms. The molecule has 1 aliphatic heterocycles. The van der Waals surface area contributed by atoms with Crippen LogP contribution in [0.5, 0.6) is 0 Å². The molecule has 5 unspecified atom stereocenters. The molecular weight excluding hydrogens is 241 g/mol. The molecule has 104 valence electrons. The molecule has 1 aromatic rings. The van der Waals surface area contributed by atoms with Gasteiger partial charge in [0, 0.05) is 17.5 Å². The van der Waals surface area contributed by atoms with Gasteiger partial charge < -0.3 is 10.4 Å². The molecule has 0 aromatic heterocycles. The molecule has 1 aromatic carbocycles. The number of rotatable bonds is 3. The highest BCUT2D eigenvalue weighted by Gasteiger charge is 2.43. The van der Waals surface area contributed by atoms with Gasteiger partial charge in [0.1, 0.15) is 5.82 Å². The van der Waals surface area contributed by atoms with Crippen LogP contribution in [0.1, 0.15) is 37.9 Å². The molecule has 2 aliphatic rings. The predicted molar refractivity (Wildman–Crippen MR) is 73.1 cm³/mol. The van der Waals surface area contributed by atoms with E-state index in [1.165, 1.54) is 25.3 Å². The lowest BCUT2D eigenvalue weighted by Gasteiger charge is -2.29. The first-order valence-corrected chi connectivity index (χ1v) is 7.34. The van der Waals surface area contributed by atoms with Crippen LogP contribution in [0.4, 0.5) is 4.39 Å². The monoisotopic (exact) mass is 263 g/mol. The van der Waals surface area contributed by atoms with E-state index in [1.807, 2.05) is 6.92 Å². The lowest BCUT2D eigenvalue weighted by molar-refractivity contribution is 0.0830. The van der Waals surface area contributed by atoms with E-state index in [0.717, 1.165) is 12.5 Å². The summed E-state index contributed by atoms with van der Waals surface area (Å²) in [6, 6.07) is 6.89.